The van der Waals surface area contributed by atoms with Crippen LogP contribution in [-0.2, 0) is 12.6 Å². The van der Waals surface area contributed by atoms with Gasteiger partial charge in [-0.15, -0.1) is 11.3 Å². The van der Waals surface area contributed by atoms with Crippen molar-refractivity contribution in [1.29, 1.82) is 0 Å². The van der Waals surface area contributed by atoms with Crippen LogP contribution >= 0.6 is 11.3 Å². The fourth-order valence-electron chi connectivity index (χ4n) is 1.56. The maximum atomic E-state index is 13.6. The average molecular weight is 290 g/mol. The number of nitrogens with zero attached hydrogens (tertiary/aromatic N) is 1. The molecule has 1 aromatic heterocycles. The molecule has 2 rings (SSSR count). The van der Waals surface area contributed by atoms with Gasteiger partial charge in [-0.05, 0) is 24.7 Å². The number of hydrogen-bond donors (Lipinski definition) is 1. The molecule has 7 heteroatoms. The van der Waals surface area contributed by atoms with E-state index in [0.717, 1.165) is 23.5 Å². The van der Waals surface area contributed by atoms with Gasteiger partial charge in [0.25, 0.3) is 0 Å². The van der Waals surface area contributed by atoms with Crippen molar-refractivity contribution < 1.29 is 17.6 Å². The van der Waals surface area contributed by atoms with Gasteiger partial charge in [0, 0.05) is 17.4 Å². The average Bonchev–Trinajstić information content (AvgIpc) is 2.77. The molecule has 1 aromatic carbocycles. The first kappa shape index (κ1) is 14.0. The third kappa shape index (κ3) is 3.10. The van der Waals surface area contributed by atoms with Crippen molar-refractivity contribution in [3.05, 3.63) is 40.7 Å². The summed E-state index contributed by atoms with van der Waals surface area (Å²) in [6, 6.07) is 2.30. The van der Waals surface area contributed by atoms with Crippen LogP contribution in [0.1, 0.15) is 11.3 Å². The quantitative estimate of drug-likeness (QED) is 0.879. The van der Waals surface area contributed by atoms with Gasteiger partial charge < -0.3 is 5.73 Å². The topological polar surface area (TPSA) is 38.9 Å². The summed E-state index contributed by atoms with van der Waals surface area (Å²) in [5.41, 5.74) is 4.99. The van der Waals surface area contributed by atoms with Gasteiger partial charge in [0.15, 0.2) is 0 Å². The lowest BCUT2D eigenvalue weighted by Crippen LogP contribution is -2.05. The number of alkyl halides is 3. The monoisotopic (exact) mass is 290 g/mol. The molecule has 0 saturated carbocycles. The van der Waals surface area contributed by atoms with Crippen molar-refractivity contribution in [3.63, 3.8) is 0 Å². The Morgan fingerprint density at radius 1 is 1.26 bits per heavy atom. The maximum Gasteiger partial charge on any atom is 0.416 e. The summed E-state index contributed by atoms with van der Waals surface area (Å²) in [5, 5.41) is 1.90. The highest BCUT2D eigenvalue weighted by Gasteiger charge is 2.31. The Bertz CT molecular complexity index is 577. The first-order valence-corrected chi connectivity index (χ1v) is 6.31. The first-order chi connectivity index (χ1) is 8.91. The van der Waals surface area contributed by atoms with E-state index < -0.39 is 17.6 Å². The number of benzene rings is 1. The molecule has 0 spiro atoms. The highest BCUT2D eigenvalue weighted by Crippen LogP contribution is 2.34. The van der Waals surface area contributed by atoms with Crippen LogP contribution in [0.5, 0.6) is 0 Å². The Hall–Kier alpha value is -1.47. The number of halogens is 4. The molecule has 0 amide bonds. The highest BCUT2D eigenvalue weighted by atomic mass is 32.1. The van der Waals surface area contributed by atoms with Crippen molar-refractivity contribution in [2.75, 3.05) is 6.54 Å². The van der Waals surface area contributed by atoms with Gasteiger partial charge in [-0.3, -0.25) is 0 Å². The van der Waals surface area contributed by atoms with E-state index in [4.69, 9.17) is 5.73 Å². The van der Waals surface area contributed by atoms with Crippen molar-refractivity contribution >= 4 is 11.3 Å². The second-order valence-corrected chi connectivity index (χ2v) is 4.73. The standard InChI is InChI=1S/C12H10F4N2S/c13-10-2-1-7(12(14,15)16)5-9(10)11-18-8(3-4-17)6-19-11/h1-2,5-6H,3-4,17H2. The van der Waals surface area contributed by atoms with Gasteiger partial charge in [-0.1, -0.05) is 0 Å². The summed E-state index contributed by atoms with van der Waals surface area (Å²) in [6.07, 6.45) is -3.99. The van der Waals surface area contributed by atoms with Crippen LogP contribution in [0, 0.1) is 5.82 Å². The van der Waals surface area contributed by atoms with E-state index >= 15 is 0 Å². The summed E-state index contributed by atoms with van der Waals surface area (Å²) in [7, 11) is 0. The predicted octanol–water partition coefficient (Wildman–Crippen LogP) is 3.47. The molecule has 102 valence electrons. The van der Waals surface area contributed by atoms with Gasteiger partial charge in [-0.2, -0.15) is 13.2 Å². The summed E-state index contributed by atoms with van der Waals surface area (Å²) in [5.74, 6) is -0.721. The van der Waals surface area contributed by atoms with E-state index in [0.29, 0.717) is 24.7 Å². The minimum Gasteiger partial charge on any atom is -0.330 e. The van der Waals surface area contributed by atoms with Crippen molar-refractivity contribution in [2.45, 2.75) is 12.6 Å². The molecule has 0 unspecified atom stereocenters. The van der Waals surface area contributed by atoms with Crippen LogP contribution in [0.4, 0.5) is 17.6 Å². The Morgan fingerprint density at radius 3 is 2.63 bits per heavy atom. The molecule has 2 nitrogen and oxygen atoms in total. The molecule has 0 bridgehead atoms. The second-order valence-electron chi connectivity index (χ2n) is 3.88. The van der Waals surface area contributed by atoms with Gasteiger partial charge in [0.2, 0.25) is 0 Å². The van der Waals surface area contributed by atoms with Crippen LogP contribution in [0.25, 0.3) is 10.6 Å². The highest BCUT2D eigenvalue weighted by molar-refractivity contribution is 7.13. The maximum absolute atomic E-state index is 13.6. The summed E-state index contributed by atoms with van der Waals surface area (Å²) in [6.45, 7) is 0.383. The fourth-order valence-corrected chi connectivity index (χ4v) is 2.43. The number of rotatable bonds is 3. The third-order valence-corrected chi connectivity index (χ3v) is 3.40. The minimum absolute atomic E-state index is 0.136. The molecule has 0 saturated heterocycles. The van der Waals surface area contributed by atoms with Gasteiger partial charge in [-0.25, -0.2) is 9.37 Å². The zero-order valence-electron chi connectivity index (χ0n) is 9.67. The van der Waals surface area contributed by atoms with E-state index in [9.17, 15) is 17.6 Å². The molecule has 1 heterocycles. The van der Waals surface area contributed by atoms with Crippen LogP contribution in [0.3, 0.4) is 0 Å². The van der Waals surface area contributed by atoms with E-state index in [1.54, 1.807) is 5.38 Å². The number of hydrogen-bond acceptors (Lipinski definition) is 3. The van der Waals surface area contributed by atoms with Crippen LogP contribution < -0.4 is 5.73 Å². The molecular weight excluding hydrogens is 280 g/mol. The van der Waals surface area contributed by atoms with Crippen LogP contribution in [0.2, 0.25) is 0 Å². The Morgan fingerprint density at radius 2 is 2.00 bits per heavy atom. The van der Waals surface area contributed by atoms with E-state index in [2.05, 4.69) is 4.98 Å². The Labute approximate surface area is 110 Å². The normalized spacial score (nSPS) is 11.8. The number of nitrogens with two attached hydrogens (primary N) is 1. The lowest BCUT2D eigenvalue weighted by atomic mass is 10.1. The molecule has 0 atom stereocenters. The summed E-state index contributed by atoms with van der Waals surface area (Å²) < 4.78 is 51.4. The van der Waals surface area contributed by atoms with Crippen molar-refractivity contribution in [3.8, 4) is 10.6 Å². The molecule has 2 N–H and O–H groups in total. The molecule has 0 fully saturated rings. The van der Waals surface area contributed by atoms with E-state index in [1.807, 2.05) is 0 Å². The van der Waals surface area contributed by atoms with Crippen molar-refractivity contribution in [1.82, 2.24) is 4.98 Å². The predicted molar refractivity (Wildman–Crippen MR) is 65.3 cm³/mol. The molecule has 0 aliphatic heterocycles. The molecule has 19 heavy (non-hydrogen) atoms. The lowest BCUT2D eigenvalue weighted by Gasteiger charge is -2.08. The molecule has 2 aromatic rings. The number of thiazole rings is 1. The second kappa shape index (κ2) is 5.26. The zero-order valence-corrected chi connectivity index (χ0v) is 10.5. The Kier molecular flexibility index (Phi) is 3.86. The summed E-state index contributed by atoms with van der Waals surface area (Å²) >= 11 is 1.10. The number of aromatic nitrogens is 1. The minimum atomic E-state index is -4.50. The third-order valence-electron chi connectivity index (χ3n) is 2.48. The van der Waals surface area contributed by atoms with Crippen LogP contribution in [0.15, 0.2) is 23.6 Å². The molecule has 0 aliphatic carbocycles. The van der Waals surface area contributed by atoms with Gasteiger partial charge in [0.05, 0.1) is 11.3 Å². The molecule has 0 aliphatic rings. The SMILES string of the molecule is NCCc1csc(-c2cc(C(F)(F)F)ccc2F)n1. The first-order valence-electron chi connectivity index (χ1n) is 5.43. The van der Waals surface area contributed by atoms with Crippen LogP contribution in [-0.4, -0.2) is 11.5 Å². The fraction of sp³-hybridized carbons (Fsp3) is 0.250. The van der Waals surface area contributed by atoms with E-state index in [-0.39, 0.29) is 10.6 Å². The smallest absolute Gasteiger partial charge is 0.330 e. The summed E-state index contributed by atoms with van der Waals surface area (Å²) in [4.78, 5) is 4.09. The van der Waals surface area contributed by atoms with Gasteiger partial charge in [0.1, 0.15) is 10.8 Å². The van der Waals surface area contributed by atoms with E-state index in [1.165, 1.54) is 0 Å². The largest absolute Gasteiger partial charge is 0.416 e. The van der Waals surface area contributed by atoms with Crippen molar-refractivity contribution in [2.24, 2.45) is 5.73 Å². The Balaban J connectivity index is 2.42. The zero-order chi connectivity index (χ0) is 14.0. The lowest BCUT2D eigenvalue weighted by molar-refractivity contribution is -0.137. The van der Waals surface area contributed by atoms with Gasteiger partial charge >= 0.3 is 6.18 Å². The molecular formula is C12H10F4N2S. The molecule has 0 radical (unpaired) electrons.